The molecule has 11 nitrogen and oxygen atoms in total. The fraction of sp³-hybridized carbons (Fsp3) is 0.321. The molecule has 2 aromatic rings. The van der Waals surface area contributed by atoms with Crippen molar-refractivity contribution in [3.63, 3.8) is 0 Å². The van der Waals surface area contributed by atoms with Gasteiger partial charge in [0.1, 0.15) is 12.2 Å². The lowest BCUT2D eigenvalue weighted by atomic mass is 9.94. The molecule has 1 N–H and O–H groups in total. The molecule has 6 aliphatic rings. The number of nitrogens with zero attached hydrogens (tertiary/aromatic N) is 2. The number of hydrogen-bond acceptors (Lipinski definition) is 11. The number of amides is 2. The van der Waals surface area contributed by atoms with Gasteiger partial charge in [-0.1, -0.05) is 16.9 Å². The Kier molecular flexibility index (Phi) is 5.79. The largest absolute Gasteiger partial charge is 0.493 e. The van der Waals surface area contributed by atoms with Crippen molar-refractivity contribution in [2.45, 2.75) is 34.4 Å². The number of aliphatic hydroxyl groups excluding tert-OH is 1. The number of hydrogen-bond donors (Lipinski definition) is 1. The molecule has 7 bridgehead atoms. The Bertz CT molecular complexity index is 1580. The van der Waals surface area contributed by atoms with Gasteiger partial charge in [0.2, 0.25) is 4.87 Å². The third-order valence-electron chi connectivity index (χ3n) is 8.07. The summed E-state index contributed by atoms with van der Waals surface area (Å²) >= 11 is 0. The molecular weight excluding hydrogens is 572 g/mol. The molecule has 6 heterocycles. The van der Waals surface area contributed by atoms with Crippen molar-refractivity contribution in [3.8, 4) is 23.0 Å². The van der Waals surface area contributed by atoms with Gasteiger partial charge in [-0.2, -0.15) is 0 Å². The third-order valence-corrected chi connectivity index (χ3v) is 11.7. The molecule has 0 aromatic heterocycles. The lowest BCUT2D eigenvalue weighted by Gasteiger charge is -2.59. The van der Waals surface area contributed by atoms with Gasteiger partial charge < -0.3 is 38.6 Å². The zero-order valence-corrected chi connectivity index (χ0v) is 23.7. The van der Waals surface area contributed by atoms with Crippen LogP contribution in [0.3, 0.4) is 0 Å². The van der Waals surface area contributed by atoms with E-state index in [0.717, 1.165) is 10.8 Å². The normalized spacial score (nSPS) is 31.3. The maximum atomic E-state index is 14.6. The van der Waals surface area contributed by atoms with E-state index in [-0.39, 0.29) is 29.4 Å². The van der Waals surface area contributed by atoms with E-state index in [1.807, 2.05) is 0 Å². The minimum atomic E-state index is -1.72. The number of methoxy groups -OCH3 is 2. The zero-order valence-electron chi connectivity index (χ0n) is 22.1. The van der Waals surface area contributed by atoms with Crippen molar-refractivity contribution in [3.05, 3.63) is 71.7 Å². The minimum absolute atomic E-state index is 0.173. The Balaban J connectivity index is 1.47. The average molecular weight is 597 g/mol. The quantitative estimate of drug-likeness (QED) is 0.405. The molecule has 13 heteroatoms. The molecule has 4 fully saturated rings. The highest BCUT2D eigenvalue weighted by molar-refractivity contribution is 8.78. The van der Waals surface area contributed by atoms with Gasteiger partial charge in [0.15, 0.2) is 27.9 Å². The number of benzene rings is 2. The smallest absolute Gasteiger partial charge is 0.338 e. The molecule has 0 unspecified atom stereocenters. The first-order valence-corrected chi connectivity index (χ1v) is 14.8. The Morgan fingerprint density at radius 1 is 1.00 bits per heavy atom. The summed E-state index contributed by atoms with van der Waals surface area (Å²) in [6.07, 6.45) is 2.17. The van der Waals surface area contributed by atoms with Crippen LogP contribution in [0.5, 0.6) is 23.0 Å². The molecule has 0 radical (unpaired) electrons. The fourth-order valence-electron chi connectivity index (χ4n) is 6.02. The highest BCUT2D eigenvalue weighted by Gasteiger charge is 2.75. The molecule has 2 amide bonds. The van der Waals surface area contributed by atoms with Crippen molar-refractivity contribution in [2.75, 3.05) is 21.3 Å². The van der Waals surface area contributed by atoms with Crippen LogP contribution in [0.25, 0.3) is 0 Å². The molecule has 5 atom stereocenters. The zero-order chi connectivity index (χ0) is 28.7. The number of piperazine rings is 1. The monoisotopic (exact) mass is 596 g/mol. The van der Waals surface area contributed by atoms with Crippen LogP contribution in [0.2, 0.25) is 0 Å². The Morgan fingerprint density at radius 3 is 2.49 bits per heavy atom. The van der Waals surface area contributed by atoms with E-state index >= 15 is 0 Å². The van der Waals surface area contributed by atoms with Gasteiger partial charge in [0.25, 0.3) is 11.8 Å². The van der Waals surface area contributed by atoms with E-state index in [1.54, 1.807) is 36.4 Å². The molecule has 0 saturated carbocycles. The van der Waals surface area contributed by atoms with Crippen LogP contribution >= 0.6 is 21.6 Å². The first-order chi connectivity index (χ1) is 19.7. The van der Waals surface area contributed by atoms with Gasteiger partial charge in [-0.15, -0.1) is 0 Å². The van der Waals surface area contributed by atoms with Gasteiger partial charge in [-0.05, 0) is 58.3 Å². The number of rotatable bonds is 2. The summed E-state index contributed by atoms with van der Waals surface area (Å²) in [5.41, 5.74) is 1.12. The number of carbonyl (C=O) groups is 3. The molecule has 2 spiro atoms. The summed E-state index contributed by atoms with van der Waals surface area (Å²) in [6, 6.07) is 8.56. The van der Waals surface area contributed by atoms with Crippen LogP contribution < -0.4 is 14.2 Å². The molecule has 41 heavy (non-hydrogen) atoms. The maximum absolute atomic E-state index is 14.6. The Hall–Kier alpha value is -3.81. The molecule has 0 aliphatic carbocycles. The average Bonchev–Trinajstić information content (AvgIpc) is 3.21. The number of aliphatic hydroxyl groups is 1. The summed E-state index contributed by atoms with van der Waals surface area (Å²) < 4.78 is 28.7. The number of likely N-dealkylation sites (N-methyl/N-ethyl adjacent to an activating group) is 1. The van der Waals surface area contributed by atoms with Crippen molar-refractivity contribution < 1.29 is 43.2 Å². The molecular formula is C28H24N2O9S2. The summed E-state index contributed by atoms with van der Waals surface area (Å²) in [4.78, 5) is 42.0. The van der Waals surface area contributed by atoms with Crippen LogP contribution in [0, 0.1) is 0 Å². The van der Waals surface area contributed by atoms with Crippen molar-refractivity contribution >= 4 is 39.4 Å². The van der Waals surface area contributed by atoms with Crippen molar-refractivity contribution in [1.29, 1.82) is 0 Å². The summed E-state index contributed by atoms with van der Waals surface area (Å²) in [5, 5.41) is 11.9. The predicted molar refractivity (Wildman–Crippen MR) is 147 cm³/mol. The van der Waals surface area contributed by atoms with Crippen molar-refractivity contribution in [2.24, 2.45) is 0 Å². The topological polar surface area (TPSA) is 124 Å². The van der Waals surface area contributed by atoms with Crippen molar-refractivity contribution in [1.82, 2.24) is 9.80 Å². The van der Waals surface area contributed by atoms with E-state index in [2.05, 4.69) is 0 Å². The first kappa shape index (κ1) is 26.1. The number of esters is 1. The van der Waals surface area contributed by atoms with Crippen LogP contribution in [0.15, 0.2) is 60.6 Å². The maximum Gasteiger partial charge on any atom is 0.338 e. The Morgan fingerprint density at radius 2 is 1.73 bits per heavy atom. The molecule has 8 rings (SSSR count). The van der Waals surface area contributed by atoms with Gasteiger partial charge in [-0.3, -0.25) is 9.59 Å². The fourth-order valence-corrected chi connectivity index (χ4v) is 9.84. The van der Waals surface area contributed by atoms with E-state index in [9.17, 15) is 19.5 Å². The predicted octanol–water partition coefficient (Wildman–Crippen LogP) is 3.36. The lowest BCUT2D eigenvalue weighted by Crippen LogP contribution is -2.77. The molecule has 2 aromatic carbocycles. The summed E-state index contributed by atoms with van der Waals surface area (Å²) in [5.74, 6) is -0.406. The van der Waals surface area contributed by atoms with E-state index in [1.165, 1.54) is 60.5 Å². The van der Waals surface area contributed by atoms with Crippen LogP contribution in [-0.4, -0.2) is 75.8 Å². The van der Waals surface area contributed by atoms with Crippen LogP contribution in [-0.2, 0) is 19.1 Å². The second-order valence-electron chi connectivity index (χ2n) is 10.1. The SMILES string of the molecule is COc1ccc2cc1Oc1cc(ccc1OC)[C@H](O)[C@@]13SS[C@]4(CC5=COC=C[C@H](OC2=O)[C@H]5N4C1=O)C(=O)N3C. The number of ether oxygens (including phenoxy) is 5. The van der Waals surface area contributed by atoms with Crippen LogP contribution in [0.4, 0.5) is 0 Å². The third kappa shape index (κ3) is 3.42. The van der Waals surface area contributed by atoms with E-state index in [4.69, 9.17) is 23.7 Å². The van der Waals surface area contributed by atoms with Gasteiger partial charge >= 0.3 is 5.97 Å². The number of carbonyl (C=O) groups excluding carboxylic acids is 3. The second-order valence-corrected chi connectivity index (χ2v) is 12.7. The number of fused-ring (bicyclic) bond motifs is 6. The minimum Gasteiger partial charge on any atom is -0.493 e. The lowest BCUT2D eigenvalue weighted by molar-refractivity contribution is -0.172. The standard InChI is InChI=1S/C28H24N2O9S2/c1-29-25(33)27-12-16-13-37-9-8-19-22(16)30(27)26(34)28(29,41-40-27)23(31)14-4-6-17(35-2)20(10-14)38-21-11-15(24(32)39-19)5-7-18(21)36-3/h4-11,13,19,22-23,31H,12H2,1-3H3/t19-,22-,23-,27+,28+/m0/s1. The molecule has 212 valence electrons. The highest BCUT2D eigenvalue weighted by Crippen LogP contribution is 2.67. The molecule has 4 saturated heterocycles. The van der Waals surface area contributed by atoms with E-state index < -0.39 is 39.9 Å². The summed E-state index contributed by atoms with van der Waals surface area (Å²) in [6.45, 7) is 0. The van der Waals surface area contributed by atoms with E-state index in [0.29, 0.717) is 22.6 Å². The summed E-state index contributed by atoms with van der Waals surface area (Å²) in [7, 11) is 6.83. The second kappa shape index (κ2) is 9.10. The van der Waals surface area contributed by atoms with Gasteiger partial charge in [-0.25, -0.2) is 4.79 Å². The first-order valence-electron chi connectivity index (χ1n) is 12.7. The highest BCUT2D eigenvalue weighted by atomic mass is 33.1. The van der Waals surface area contributed by atoms with Gasteiger partial charge in [0, 0.05) is 13.5 Å². The molecule has 6 aliphatic heterocycles. The Labute approximate surface area is 242 Å². The van der Waals surface area contributed by atoms with Crippen LogP contribution in [0.1, 0.15) is 28.4 Å². The van der Waals surface area contributed by atoms with Gasteiger partial charge in [0.05, 0.1) is 38.3 Å².